The van der Waals surface area contributed by atoms with Crippen molar-refractivity contribution in [2.75, 3.05) is 0 Å². The number of aromatic nitrogens is 4. The first-order valence-corrected chi connectivity index (χ1v) is 6.26. The molecule has 0 saturated carbocycles. The van der Waals surface area contributed by atoms with E-state index in [1.54, 1.807) is 17.9 Å². The quantitative estimate of drug-likeness (QED) is 0.684. The van der Waals surface area contributed by atoms with Gasteiger partial charge in [-0.1, -0.05) is 23.4 Å². The van der Waals surface area contributed by atoms with Gasteiger partial charge < -0.3 is 5.11 Å². The Kier molecular flexibility index (Phi) is 3.54. The van der Waals surface area contributed by atoms with Gasteiger partial charge in [0.1, 0.15) is 5.15 Å². The largest absolute Gasteiger partial charge is 0.493 e. The van der Waals surface area contributed by atoms with E-state index in [2.05, 4.69) is 15.1 Å². The third-order valence-corrected chi connectivity index (χ3v) is 3.50. The number of nitrogens with zero attached hydrogens (tertiary/aromatic N) is 4. The van der Waals surface area contributed by atoms with Gasteiger partial charge in [-0.3, -0.25) is 4.68 Å². The fraction of sp³-hybridized carbons (Fsp3) is 0.300. The van der Waals surface area contributed by atoms with Gasteiger partial charge in [-0.2, -0.15) is 10.1 Å². The summed E-state index contributed by atoms with van der Waals surface area (Å²) in [4.78, 5) is 8.13. The highest BCUT2D eigenvalue weighted by molar-refractivity contribution is 7.98. The third kappa shape index (κ3) is 2.89. The molecule has 0 unspecified atom stereocenters. The van der Waals surface area contributed by atoms with Crippen molar-refractivity contribution in [3.63, 3.8) is 0 Å². The number of hydrogen-bond acceptors (Lipinski definition) is 5. The Morgan fingerprint density at radius 3 is 2.82 bits per heavy atom. The lowest BCUT2D eigenvalue weighted by Crippen LogP contribution is -1.91. The Bertz CT molecular complexity index is 523. The lowest BCUT2D eigenvalue weighted by molar-refractivity contribution is 0.444. The van der Waals surface area contributed by atoms with Gasteiger partial charge in [0, 0.05) is 30.1 Å². The Labute approximate surface area is 108 Å². The normalized spacial score (nSPS) is 10.8. The van der Waals surface area contributed by atoms with Gasteiger partial charge in [0.15, 0.2) is 5.16 Å². The zero-order valence-electron chi connectivity index (χ0n) is 9.38. The minimum Gasteiger partial charge on any atom is -0.493 e. The van der Waals surface area contributed by atoms with Crippen LogP contribution in [0.3, 0.4) is 0 Å². The average Bonchev–Trinajstić information content (AvgIpc) is 2.56. The van der Waals surface area contributed by atoms with Gasteiger partial charge in [0.2, 0.25) is 5.88 Å². The van der Waals surface area contributed by atoms with E-state index in [1.165, 1.54) is 17.8 Å². The number of rotatable bonds is 3. The molecule has 90 valence electrons. The van der Waals surface area contributed by atoms with Crippen LogP contribution >= 0.6 is 23.4 Å². The minimum absolute atomic E-state index is 0.0164. The molecule has 0 bridgehead atoms. The monoisotopic (exact) mass is 270 g/mol. The molecule has 2 rings (SSSR count). The molecule has 2 heterocycles. The highest BCUT2D eigenvalue weighted by Crippen LogP contribution is 2.25. The average molecular weight is 271 g/mol. The van der Waals surface area contributed by atoms with E-state index in [4.69, 9.17) is 11.6 Å². The molecule has 0 radical (unpaired) electrons. The topological polar surface area (TPSA) is 63.8 Å². The van der Waals surface area contributed by atoms with Gasteiger partial charge in [0.05, 0.1) is 6.20 Å². The van der Waals surface area contributed by atoms with Crippen molar-refractivity contribution < 1.29 is 5.11 Å². The number of hydrogen-bond donors (Lipinski definition) is 1. The van der Waals surface area contributed by atoms with Crippen LogP contribution in [-0.4, -0.2) is 24.9 Å². The van der Waals surface area contributed by atoms with E-state index in [9.17, 15) is 5.11 Å². The van der Waals surface area contributed by atoms with E-state index in [-0.39, 0.29) is 5.88 Å². The molecule has 17 heavy (non-hydrogen) atoms. The first-order chi connectivity index (χ1) is 8.06. The highest BCUT2D eigenvalue weighted by atomic mass is 35.5. The molecule has 2 aromatic rings. The van der Waals surface area contributed by atoms with Crippen molar-refractivity contribution in [3.05, 3.63) is 28.7 Å². The summed E-state index contributed by atoms with van der Waals surface area (Å²) in [6.45, 7) is 1.81. The summed E-state index contributed by atoms with van der Waals surface area (Å²) < 4.78 is 1.60. The summed E-state index contributed by atoms with van der Waals surface area (Å²) >= 11 is 7.44. The fourth-order valence-electron chi connectivity index (χ4n) is 1.30. The third-order valence-electron chi connectivity index (χ3n) is 2.11. The maximum Gasteiger partial charge on any atom is 0.215 e. The Balaban J connectivity index is 2.09. The predicted octanol–water partition coefficient (Wildman–Crippen LogP) is 2.17. The van der Waals surface area contributed by atoms with Crippen LogP contribution in [-0.2, 0) is 12.8 Å². The predicted molar refractivity (Wildman–Crippen MR) is 66.2 cm³/mol. The van der Waals surface area contributed by atoms with Gasteiger partial charge in [-0.15, -0.1) is 0 Å². The SMILES string of the molecule is Cc1cc(O)nc(SCc2cnn(C)c2Cl)n1. The molecule has 1 N–H and O–H groups in total. The molecule has 0 saturated heterocycles. The number of thioether (sulfide) groups is 1. The zero-order chi connectivity index (χ0) is 12.4. The Morgan fingerprint density at radius 1 is 1.47 bits per heavy atom. The van der Waals surface area contributed by atoms with E-state index in [1.807, 2.05) is 6.92 Å². The maximum atomic E-state index is 9.34. The van der Waals surface area contributed by atoms with Crippen LogP contribution in [0.1, 0.15) is 11.3 Å². The molecule has 7 heteroatoms. The molecule has 0 amide bonds. The summed E-state index contributed by atoms with van der Waals surface area (Å²) in [5.74, 6) is 0.604. The molecular formula is C10H11ClN4OS. The van der Waals surface area contributed by atoms with Gasteiger partial charge >= 0.3 is 0 Å². The second kappa shape index (κ2) is 4.93. The summed E-state index contributed by atoms with van der Waals surface area (Å²) in [6.07, 6.45) is 1.71. The molecule has 0 atom stereocenters. The maximum absolute atomic E-state index is 9.34. The molecule has 5 nitrogen and oxygen atoms in total. The first-order valence-electron chi connectivity index (χ1n) is 4.90. The van der Waals surface area contributed by atoms with Gasteiger partial charge in [0.25, 0.3) is 0 Å². The Morgan fingerprint density at radius 2 is 2.24 bits per heavy atom. The lowest BCUT2D eigenvalue weighted by Gasteiger charge is -2.01. The van der Waals surface area contributed by atoms with Crippen molar-refractivity contribution in [2.24, 2.45) is 7.05 Å². The highest BCUT2D eigenvalue weighted by Gasteiger charge is 2.08. The van der Waals surface area contributed by atoms with Gasteiger partial charge in [-0.05, 0) is 6.92 Å². The van der Waals surface area contributed by atoms with Crippen LogP contribution in [0.4, 0.5) is 0 Å². The van der Waals surface area contributed by atoms with Gasteiger partial charge in [-0.25, -0.2) is 4.98 Å². The van der Waals surface area contributed by atoms with Crippen molar-refractivity contribution in [2.45, 2.75) is 17.8 Å². The van der Waals surface area contributed by atoms with Crippen molar-refractivity contribution in [1.82, 2.24) is 19.7 Å². The van der Waals surface area contributed by atoms with Crippen molar-refractivity contribution in [3.8, 4) is 5.88 Å². The Hall–Kier alpha value is -1.27. The van der Waals surface area contributed by atoms with Crippen molar-refractivity contribution >= 4 is 23.4 Å². The number of halogens is 1. The second-order valence-corrected chi connectivity index (χ2v) is 4.82. The van der Waals surface area contributed by atoms with Crippen LogP contribution in [0, 0.1) is 6.92 Å². The first kappa shape index (κ1) is 12.2. The fourth-order valence-corrected chi connectivity index (χ4v) is 2.40. The van der Waals surface area contributed by atoms with E-state index < -0.39 is 0 Å². The lowest BCUT2D eigenvalue weighted by atomic mass is 10.4. The molecule has 0 aliphatic heterocycles. The second-order valence-electron chi connectivity index (χ2n) is 3.52. The van der Waals surface area contributed by atoms with E-state index in [0.717, 1.165) is 11.3 Å². The number of aryl methyl sites for hydroxylation is 2. The van der Waals surface area contributed by atoms with E-state index in [0.29, 0.717) is 16.1 Å². The summed E-state index contributed by atoms with van der Waals surface area (Å²) in [7, 11) is 1.78. The smallest absolute Gasteiger partial charge is 0.215 e. The molecule has 0 aromatic carbocycles. The number of aromatic hydroxyl groups is 1. The standard InChI is InChI=1S/C10H11ClN4OS/c1-6-3-8(16)14-10(13-6)17-5-7-4-12-15(2)9(7)11/h3-4H,5H2,1-2H3,(H,13,14,16). The molecule has 0 aliphatic rings. The summed E-state index contributed by atoms with van der Waals surface area (Å²) in [5.41, 5.74) is 1.65. The zero-order valence-corrected chi connectivity index (χ0v) is 11.0. The molecule has 0 aliphatic carbocycles. The molecule has 2 aromatic heterocycles. The molecule has 0 fully saturated rings. The summed E-state index contributed by atoms with van der Waals surface area (Å²) in [6, 6.07) is 1.51. The van der Waals surface area contributed by atoms with E-state index >= 15 is 0 Å². The molecular weight excluding hydrogens is 260 g/mol. The minimum atomic E-state index is -0.0164. The van der Waals surface area contributed by atoms with Crippen molar-refractivity contribution in [1.29, 1.82) is 0 Å². The van der Waals surface area contributed by atoms with Crippen LogP contribution in [0.15, 0.2) is 17.4 Å². The van der Waals surface area contributed by atoms with Crippen LogP contribution in [0.5, 0.6) is 5.88 Å². The molecule has 0 spiro atoms. The van der Waals surface area contributed by atoms with Crippen LogP contribution in [0.25, 0.3) is 0 Å². The van der Waals surface area contributed by atoms with Crippen LogP contribution < -0.4 is 0 Å². The summed E-state index contributed by atoms with van der Waals surface area (Å²) in [5, 5.41) is 14.5. The van der Waals surface area contributed by atoms with Crippen LogP contribution in [0.2, 0.25) is 5.15 Å².